The average molecular weight is 327 g/mol. The van der Waals surface area contributed by atoms with E-state index >= 15 is 0 Å². The van der Waals surface area contributed by atoms with Gasteiger partial charge >= 0.3 is 0 Å². The predicted octanol–water partition coefficient (Wildman–Crippen LogP) is 2.18. The Labute approximate surface area is 142 Å². The molecule has 2 aliphatic rings. The maximum Gasteiger partial charge on any atom is 0.225 e. The van der Waals surface area contributed by atoms with Crippen LogP contribution in [0.5, 0.6) is 0 Å². The number of anilines is 1. The first-order chi connectivity index (χ1) is 11.6. The molecule has 0 N–H and O–H groups in total. The first-order valence-corrected chi connectivity index (χ1v) is 8.99. The molecule has 2 aromatic rings. The molecular weight excluding hydrogens is 302 g/mol. The van der Waals surface area contributed by atoms with E-state index in [0.29, 0.717) is 11.8 Å². The monoisotopic (exact) mass is 327 g/mol. The zero-order valence-corrected chi connectivity index (χ0v) is 14.5. The highest BCUT2D eigenvalue weighted by Crippen LogP contribution is 2.29. The zero-order valence-electron chi connectivity index (χ0n) is 14.5. The molecule has 2 fully saturated rings. The van der Waals surface area contributed by atoms with Crippen molar-refractivity contribution >= 4 is 17.4 Å². The number of hydrogen-bond acceptors (Lipinski definition) is 4. The van der Waals surface area contributed by atoms with E-state index in [1.807, 2.05) is 24.4 Å². The summed E-state index contributed by atoms with van der Waals surface area (Å²) in [6, 6.07) is 4.11. The van der Waals surface area contributed by atoms with Gasteiger partial charge in [-0.05, 0) is 33.1 Å². The molecule has 0 radical (unpaired) electrons. The number of fused-ring (bicyclic) bond motifs is 1. The molecule has 4 rings (SSSR count). The molecule has 1 saturated carbocycles. The molecule has 1 saturated heterocycles. The summed E-state index contributed by atoms with van der Waals surface area (Å²) in [6.45, 7) is 7.50. The summed E-state index contributed by atoms with van der Waals surface area (Å²) in [7, 11) is 0. The third kappa shape index (κ3) is 2.74. The van der Waals surface area contributed by atoms with Crippen molar-refractivity contribution in [3.63, 3.8) is 0 Å². The van der Waals surface area contributed by atoms with Crippen LogP contribution >= 0.6 is 0 Å². The predicted molar refractivity (Wildman–Crippen MR) is 93.2 cm³/mol. The Balaban J connectivity index is 1.56. The fourth-order valence-corrected chi connectivity index (χ4v) is 3.70. The minimum absolute atomic E-state index is 0.292. The van der Waals surface area contributed by atoms with Gasteiger partial charge in [0.05, 0.1) is 5.69 Å². The summed E-state index contributed by atoms with van der Waals surface area (Å²) in [5.41, 5.74) is 2.88. The van der Waals surface area contributed by atoms with E-state index in [2.05, 4.69) is 25.9 Å². The summed E-state index contributed by atoms with van der Waals surface area (Å²) in [4.78, 5) is 21.5. The molecule has 0 unspecified atom stereocenters. The van der Waals surface area contributed by atoms with Gasteiger partial charge in [0.2, 0.25) is 5.91 Å². The van der Waals surface area contributed by atoms with Gasteiger partial charge in [0.25, 0.3) is 0 Å². The van der Waals surface area contributed by atoms with Gasteiger partial charge in [-0.25, -0.2) is 4.98 Å². The minimum Gasteiger partial charge on any atom is -0.355 e. The standard InChI is InChI=1S/C18H25N5O/c1-13-12-17(23-16(19-13)11-14(2)20-23)21-7-4-8-22(10-9-21)18(24)15-5-3-6-15/h11-12,15H,3-10H2,1-2H3. The molecule has 1 aliphatic carbocycles. The molecule has 0 aromatic carbocycles. The van der Waals surface area contributed by atoms with Crippen LogP contribution in [0.25, 0.3) is 5.65 Å². The number of nitrogens with zero attached hydrogens (tertiary/aromatic N) is 5. The number of amides is 1. The van der Waals surface area contributed by atoms with Gasteiger partial charge in [-0.1, -0.05) is 6.42 Å². The quantitative estimate of drug-likeness (QED) is 0.848. The second-order valence-electron chi connectivity index (χ2n) is 7.11. The highest BCUT2D eigenvalue weighted by molar-refractivity contribution is 5.79. The molecule has 0 bridgehead atoms. The molecule has 6 nitrogen and oxygen atoms in total. The molecular formula is C18H25N5O. The van der Waals surface area contributed by atoms with E-state index in [4.69, 9.17) is 0 Å². The zero-order chi connectivity index (χ0) is 16.7. The Hall–Kier alpha value is -2.11. The number of carbonyl (C=O) groups is 1. The highest BCUT2D eigenvalue weighted by Gasteiger charge is 2.30. The van der Waals surface area contributed by atoms with Crippen molar-refractivity contribution in [2.45, 2.75) is 39.5 Å². The van der Waals surface area contributed by atoms with Crippen LogP contribution in [-0.4, -0.2) is 51.6 Å². The van der Waals surface area contributed by atoms with Gasteiger partial charge in [-0.2, -0.15) is 9.61 Å². The van der Waals surface area contributed by atoms with Crippen molar-refractivity contribution in [1.82, 2.24) is 19.5 Å². The Kier molecular flexibility index (Phi) is 3.90. The summed E-state index contributed by atoms with van der Waals surface area (Å²) in [5.74, 6) is 1.75. The molecule has 3 heterocycles. The van der Waals surface area contributed by atoms with E-state index in [0.717, 1.165) is 68.3 Å². The molecule has 1 amide bonds. The van der Waals surface area contributed by atoms with Crippen molar-refractivity contribution < 1.29 is 4.79 Å². The number of aryl methyl sites for hydroxylation is 2. The number of aromatic nitrogens is 3. The summed E-state index contributed by atoms with van der Waals surface area (Å²) in [6.07, 6.45) is 4.37. The molecule has 1 aliphatic heterocycles. The van der Waals surface area contributed by atoms with Crippen molar-refractivity contribution in [3.05, 3.63) is 23.5 Å². The second-order valence-corrected chi connectivity index (χ2v) is 7.11. The molecule has 24 heavy (non-hydrogen) atoms. The fraction of sp³-hybridized carbons (Fsp3) is 0.611. The van der Waals surface area contributed by atoms with Crippen LogP contribution in [0.4, 0.5) is 5.82 Å². The first kappa shape index (κ1) is 15.4. The van der Waals surface area contributed by atoms with Crippen molar-refractivity contribution in [2.75, 3.05) is 31.1 Å². The number of hydrogen-bond donors (Lipinski definition) is 0. The van der Waals surface area contributed by atoms with Crippen LogP contribution in [-0.2, 0) is 4.79 Å². The molecule has 0 spiro atoms. The van der Waals surface area contributed by atoms with Crippen LogP contribution < -0.4 is 4.90 Å². The van der Waals surface area contributed by atoms with E-state index in [1.54, 1.807) is 0 Å². The van der Waals surface area contributed by atoms with E-state index in [1.165, 1.54) is 6.42 Å². The number of carbonyl (C=O) groups excluding carboxylic acids is 1. The van der Waals surface area contributed by atoms with Gasteiger partial charge in [-0.15, -0.1) is 0 Å². The lowest BCUT2D eigenvalue weighted by molar-refractivity contribution is -0.137. The molecule has 6 heteroatoms. The van der Waals surface area contributed by atoms with Gasteiger partial charge in [0.15, 0.2) is 5.65 Å². The topological polar surface area (TPSA) is 53.7 Å². The minimum atomic E-state index is 0.292. The highest BCUT2D eigenvalue weighted by atomic mass is 16.2. The molecule has 128 valence electrons. The largest absolute Gasteiger partial charge is 0.355 e. The summed E-state index contributed by atoms with van der Waals surface area (Å²) in [5, 5.41) is 4.60. The van der Waals surface area contributed by atoms with Gasteiger partial charge in [-0.3, -0.25) is 4.79 Å². The van der Waals surface area contributed by atoms with E-state index in [-0.39, 0.29) is 0 Å². The Morgan fingerprint density at radius 1 is 1.04 bits per heavy atom. The van der Waals surface area contributed by atoms with E-state index in [9.17, 15) is 4.79 Å². The maximum atomic E-state index is 12.5. The van der Waals surface area contributed by atoms with Crippen LogP contribution in [0.15, 0.2) is 12.1 Å². The lowest BCUT2D eigenvalue weighted by Crippen LogP contribution is -2.41. The normalized spacial score (nSPS) is 19.4. The van der Waals surface area contributed by atoms with Gasteiger partial charge in [0, 0.05) is 49.9 Å². The van der Waals surface area contributed by atoms with Crippen LogP contribution in [0, 0.1) is 19.8 Å². The average Bonchev–Trinajstić information content (AvgIpc) is 2.70. The smallest absolute Gasteiger partial charge is 0.225 e. The fourth-order valence-electron chi connectivity index (χ4n) is 3.70. The van der Waals surface area contributed by atoms with Crippen molar-refractivity contribution in [1.29, 1.82) is 0 Å². The van der Waals surface area contributed by atoms with E-state index < -0.39 is 0 Å². The van der Waals surface area contributed by atoms with Crippen LogP contribution in [0.1, 0.15) is 37.1 Å². The van der Waals surface area contributed by atoms with Gasteiger partial charge < -0.3 is 9.80 Å². The number of rotatable bonds is 2. The third-order valence-corrected chi connectivity index (χ3v) is 5.24. The first-order valence-electron chi connectivity index (χ1n) is 8.99. The van der Waals surface area contributed by atoms with Gasteiger partial charge in [0.1, 0.15) is 5.82 Å². The Morgan fingerprint density at radius 3 is 2.62 bits per heavy atom. The summed E-state index contributed by atoms with van der Waals surface area (Å²) >= 11 is 0. The van der Waals surface area contributed by atoms with Crippen molar-refractivity contribution in [2.24, 2.45) is 5.92 Å². The Bertz CT molecular complexity index is 764. The lowest BCUT2D eigenvalue weighted by Gasteiger charge is -2.31. The second kappa shape index (κ2) is 6.07. The van der Waals surface area contributed by atoms with Crippen LogP contribution in [0.2, 0.25) is 0 Å². The SMILES string of the molecule is Cc1cc(N2CCCN(C(=O)C3CCC3)CC2)n2nc(C)cc2n1. The van der Waals surface area contributed by atoms with Crippen molar-refractivity contribution in [3.8, 4) is 0 Å². The Morgan fingerprint density at radius 2 is 1.88 bits per heavy atom. The summed E-state index contributed by atoms with van der Waals surface area (Å²) < 4.78 is 1.94. The van der Waals surface area contributed by atoms with Crippen LogP contribution in [0.3, 0.4) is 0 Å². The molecule has 0 atom stereocenters. The molecule has 2 aromatic heterocycles. The lowest BCUT2D eigenvalue weighted by atomic mass is 9.84. The third-order valence-electron chi connectivity index (χ3n) is 5.24. The maximum absolute atomic E-state index is 12.5.